The van der Waals surface area contributed by atoms with Crippen LogP contribution in [0, 0.1) is 0 Å². The molecule has 0 fully saturated rings. The number of carboxylic acids is 1. The fraction of sp³-hybridized carbons (Fsp3) is 0.412. The van der Waals surface area contributed by atoms with E-state index in [0.29, 0.717) is 5.02 Å². The normalized spacial score (nSPS) is 11.2. The molecule has 27 heavy (non-hydrogen) atoms. The van der Waals surface area contributed by atoms with Crippen LogP contribution in [0.4, 0.5) is 4.79 Å². The molecule has 4 N–H and O–H groups in total. The van der Waals surface area contributed by atoms with E-state index in [-0.39, 0.29) is 32.1 Å². The van der Waals surface area contributed by atoms with E-state index in [1.807, 2.05) is 0 Å². The minimum atomic E-state index is -1.18. The third-order valence-electron chi connectivity index (χ3n) is 3.64. The number of aliphatic carboxylic acids is 1. The number of carbonyl (C=O) groups is 4. The number of amides is 4. The SMILES string of the molecule is CC(=O)NCCN(C(=O)CNC(=O)NCc1ccc(Cl)cc1)C(C)C(=O)O. The van der Waals surface area contributed by atoms with Crippen molar-refractivity contribution in [1.82, 2.24) is 20.9 Å². The van der Waals surface area contributed by atoms with Gasteiger partial charge < -0.3 is 26.0 Å². The summed E-state index contributed by atoms with van der Waals surface area (Å²) in [5, 5.41) is 17.2. The average molecular weight is 399 g/mol. The molecule has 0 spiro atoms. The Morgan fingerprint density at radius 1 is 1.11 bits per heavy atom. The van der Waals surface area contributed by atoms with Gasteiger partial charge in [0.15, 0.2) is 0 Å². The van der Waals surface area contributed by atoms with Crippen LogP contribution in [-0.2, 0) is 20.9 Å². The van der Waals surface area contributed by atoms with Gasteiger partial charge in [0.05, 0.1) is 6.54 Å². The predicted molar refractivity (Wildman–Crippen MR) is 99.2 cm³/mol. The number of hydrogen-bond acceptors (Lipinski definition) is 4. The molecule has 0 radical (unpaired) electrons. The maximum absolute atomic E-state index is 12.3. The second kappa shape index (κ2) is 11.0. The predicted octanol–water partition coefficient (Wildman–Crippen LogP) is 0.577. The fourth-order valence-corrected chi connectivity index (χ4v) is 2.25. The lowest BCUT2D eigenvalue weighted by Crippen LogP contribution is -2.51. The third kappa shape index (κ3) is 8.41. The Bertz CT molecular complexity index is 680. The molecule has 1 atom stereocenters. The molecule has 0 aliphatic heterocycles. The highest BCUT2D eigenvalue weighted by Gasteiger charge is 2.25. The van der Waals surface area contributed by atoms with E-state index in [0.717, 1.165) is 10.5 Å². The number of hydrogen-bond donors (Lipinski definition) is 4. The zero-order valence-corrected chi connectivity index (χ0v) is 15.9. The molecule has 4 amide bonds. The highest BCUT2D eigenvalue weighted by molar-refractivity contribution is 6.30. The maximum Gasteiger partial charge on any atom is 0.326 e. The van der Waals surface area contributed by atoms with Crippen LogP contribution < -0.4 is 16.0 Å². The first-order valence-electron chi connectivity index (χ1n) is 8.23. The van der Waals surface area contributed by atoms with Crippen molar-refractivity contribution in [2.75, 3.05) is 19.6 Å². The molecule has 0 saturated heterocycles. The Balaban J connectivity index is 2.50. The van der Waals surface area contributed by atoms with Crippen molar-refractivity contribution in [2.45, 2.75) is 26.4 Å². The molecule has 0 aliphatic rings. The van der Waals surface area contributed by atoms with Crippen LogP contribution in [-0.4, -0.2) is 59.5 Å². The van der Waals surface area contributed by atoms with E-state index < -0.39 is 23.9 Å². The zero-order chi connectivity index (χ0) is 20.4. The van der Waals surface area contributed by atoms with Gasteiger partial charge in [0.25, 0.3) is 0 Å². The first kappa shape index (κ1) is 22.2. The summed E-state index contributed by atoms with van der Waals surface area (Å²) >= 11 is 5.78. The molecule has 148 valence electrons. The van der Waals surface area contributed by atoms with Gasteiger partial charge in [-0.2, -0.15) is 0 Å². The largest absolute Gasteiger partial charge is 0.480 e. The summed E-state index contributed by atoms with van der Waals surface area (Å²) in [4.78, 5) is 47.3. The van der Waals surface area contributed by atoms with Gasteiger partial charge in [-0.25, -0.2) is 9.59 Å². The monoisotopic (exact) mass is 398 g/mol. The number of carboxylic acid groups (broad SMARTS) is 1. The minimum Gasteiger partial charge on any atom is -0.480 e. The number of urea groups is 1. The van der Waals surface area contributed by atoms with Gasteiger partial charge in [0, 0.05) is 31.6 Å². The summed E-state index contributed by atoms with van der Waals surface area (Å²) in [7, 11) is 0. The number of nitrogens with one attached hydrogen (secondary N) is 3. The van der Waals surface area contributed by atoms with E-state index >= 15 is 0 Å². The van der Waals surface area contributed by atoms with Crippen LogP contribution in [0.3, 0.4) is 0 Å². The summed E-state index contributed by atoms with van der Waals surface area (Å²) < 4.78 is 0. The average Bonchev–Trinajstić information content (AvgIpc) is 2.62. The molecular weight excluding hydrogens is 376 g/mol. The van der Waals surface area contributed by atoms with Gasteiger partial charge >= 0.3 is 12.0 Å². The maximum atomic E-state index is 12.3. The molecule has 0 aliphatic carbocycles. The second-order valence-corrected chi connectivity index (χ2v) is 6.18. The van der Waals surface area contributed by atoms with Crippen molar-refractivity contribution in [3.63, 3.8) is 0 Å². The summed E-state index contributed by atoms with van der Waals surface area (Å²) in [6, 6.07) is 5.24. The van der Waals surface area contributed by atoms with Gasteiger partial charge in [-0.05, 0) is 24.6 Å². The molecule has 0 saturated carbocycles. The Morgan fingerprint density at radius 3 is 2.30 bits per heavy atom. The topological polar surface area (TPSA) is 128 Å². The van der Waals surface area contributed by atoms with Crippen molar-refractivity contribution in [3.05, 3.63) is 34.9 Å². The van der Waals surface area contributed by atoms with Gasteiger partial charge in [-0.15, -0.1) is 0 Å². The minimum absolute atomic E-state index is 0.0138. The number of halogens is 1. The first-order valence-corrected chi connectivity index (χ1v) is 8.61. The smallest absolute Gasteiger partial charge is 0.326 e. The molecule has 1 aromatic rings. The Hall–Kier alpha value is -2.81. The summed E-state index contributed by atoms with van der Waals surface area (Å²) in [5.74, 6) is -2.04. The number of rotatable bonds is 9. The number of benzene rings is 1. The van der Waals surface area contributed by atoms with Gasteiger partial charge in [0.2, 0.25) is 11.8 Å². The van der Waals surface area contributed by atoms with Crippen molar-refractivity contribution in [1.29, 1.82) is 0 Å². The second-order valence-electron chi connectivity index (χ2n) is 5.75. The van der Waals surface area contributed by atoms with Crippen molar-refractivity contribution in [2.24, 2.45) is 0 Å². The van der Waals surface area contributed by atoms with Crippen molar-refractivity contribution >= 4 is 35.4 Å². The summed E-state index contributed by atoms with van der Waals surface area (Å²) in [5.41, 5.74) is 0.831. The third-order valence-corrected chi connectivity index (χ3v) is 3.89. The molecule has 9 nitrogen and oxygen atoms in total. The standard InChI is InChI=1S/C17H23ClN4O5/c1-11(16(25)26)22(8-7-19-12(2)23)15(24)10-21-17(27)20-9-13-3-5-14(18)6-4-13/h3-6,11H,7-10H2,1-2H3,(H,19,23)(H,25,26)(H2,20,21,27). The van der Waals surface area contributed by atoms with Crippen LogP contribution in [0.1, 0.15) is 19.4 Å². The lowest BCUT2D eigenvalue weighted by Gasteiger charge is -2.26. The van der Waals surface area contributed by atoms with Crippen LogP contribution >= 0.6 is 11.6 Å². The molecule has 1 rings (SSSR count). The van der Waals surface area contributed by atoms with E-state index in [4.69, 9.17) is 16.7 Å². The lowest BCUT2D eigenvalue weighted by atomic mass is 10.2. The first-order chi connectivity index (χ1) is 12.7. The van der Waals surface area contributed by atoms with Crippen molar-refractivity contribution in [3.8, 4) is 0 Å². The summed E-state index contributed by atoms with van der Waals surface area (Å²) in [6.07, 6.45) is 0. The number of carbonyl (C=O) groups excluding carboxylic acids is 3. The van der Waals surface area contributed by atoms with E-state index in [2.05, 4.69) is 16.0 Å². The van der Waals surface area contributed by atoms with Gasteiger partial charge in [0.1, 0.15) is 6.04 Å². The van der Waals surface area contributed by atoms with Crippen LogP contribution in [0.15, 0.2) is 24.3 Å². The van der Waals surface area contributed by atoms with E-state index in [9.17, 15) is 19.2 Å². The quantitative estimate of drug-likeness (QED) is 0.483. The highest BCUT2D eigenvalue weighted by Crippen LogP contribution is 2.09. The van der Waals surface area contributed by atoms with Gasteiger partial charge in [-0.1, -0.05) is 23.7 Å². The lowest BCUT2D eigenvalue weighted by molar-refractivity contribution is -0.149. The fourth-order valence-electron chi connectivity index (χ4n) is 2.12. The molecule has 0 bridgehead atoms. The molecule has 1 aromatic carbocycles. The molecule has 10 heteroatoms. The van der Waals surface area contributed by atoms with Crippen LogP contribution in [0.25, 0.3) is 0 Å². The Kier molecular flexibility index (Phi) is 9.07. The Labute approximate surface area is 162 Å². The number of nitrogens with zero attached hydrogens (tertiary/aromatic N) is 1. The zero-order valence-electron chi connectivity index (χ0n) is 15.1. The molecule has 0 aromatic heterocycles. The van der Waals surface area contributed by atoms with Crippen LogP contribution in [0.5, 0.6) is 0 Å². The summed E-state index contributed by atoms with van der Waals surface area (Å²) in [6.45, 7) is 2.68. The molecule has 0 heterocycles. The van der Waals surface area contributed by atoms with E-state index in [1.165, 1.54) is 13.8 Å². The van der Waals surface area contributed by atoms with Gasteiger partial charge in [-0.3, -0.25) is 9.59 Å². The van der Waals surface area contributed by atoms with Crippen LogP contribution in [0.2, 0.25) is 5.02 Å². The molecular formula is C17H23ClN4O5. The molecule has 1 unspecified atom stereocenters. The van der Waals surface area contributed by atoms with Crippen molar-refractivity contribution < 1.29 is 24.3 Å². The van der Waals surface area contributed by atoms with E-state index in [1.54, 1.807) is 24.3 Å². The highest BCUT2D eigenvalue weighted by atomic mass is 35.5. The Morgan fingerprint density at radius 2 is 1.74 bits per heavy atom.